The van der Waals surface area contributed by atoms with E-state index in [4.69, 9.17) is 0 Å². The van der Waals surface area contributed by atoms with Gasteiger partial charge >= 0.3 is 0 Å². The molecule has 2 aliphatic rings. The first-order valence-electron chi connectivity index (χ1n) is 6.74. The maximum Gasteiger partial charge on any atom is 0.239 e. The van der Waals surface area contributed by atoms with E-state index in [2.05, 4.69) is 16.0 Å². The van der Waals surface area contributed by atoms with Crippen LogP contribution in [0.3, 0.4) is 0 Å². The summed E-state index contributed by atoms with van der Waals surface area (Å²) in [6.07, 6.45) is 2.39. The van der Waals surface area contributed by atoms with E-state index in [1.54, 1.807) is 4.90 Å². The molecule has 2 rings (SSSR count). The molecule has 0 saturated carbocycles. The van der Waals surface area contributed by atoms with Crippen molar-refractivity contribution in [2.45, 2.75) is 25.3 Å². The van der Waals surface area contributed by atoms with Crippen LogP contribution in [0.15, 0.2) is 0 Å². The molecule has 102 valence electrons. The third kappa shape index (κ3) is 3.96. The number of rotatable bonds is 5. The van der Waals surface area contributed by atoms with Crippen LogP contribution in [0.25, 0.3) is 0 Å². The highest BCUT2D eigenvalue weighted by Gasteiger charge is 2.22. The Morgan fingerprint density at radius 3 is 3.00 bits per heavy atom. The molecule has 2 amide bonds. The van der Waals surface area contributed by atoms with Crippen LogP contribution in [0, 0.1) is 0 Å². The van der Waals surface area contributed by atoms with Gasteiger partial charge < -0.3 is 20.9 Å². The first-order valence-corrected chi connectivity index (χ1v) is 6.74. The second kappa shape index (κ2) is 6.70. The van der Waals surface area contributed by atoms with Gasteiger partial charge in [-0.05, 0) is 12.8 Å². The molecule has 18 heavy (non-hydrogen) atoms. The van der Waals surface area contributed by atoms with E-state index < -0.39 is 0 Å². The number of carbonyl (C=O) groups is 2. The normalized spacial score (nSPS) is 24.3. The van der Waals surface area contributed by atoms with Gasteiger partial charge in [-0.1, -0.05) is 0 Å². The minimum absolute atomic E-state index is 0.0472. The maximum absolute atomic E-state index is 11.6. The lowest BCUT2D eigenvalue weighted by atomic mass is 10.1. The Morgan fingerprint density at radius 1 is 1.44 bits per heavy atom. The topological polar surface area (TPSA) is 73.5 Å². The number of likely N-dealkylation sites (tertiary alicyclic amines) is 1. The van der Waals surface area contributed by atoms with E-state index in [0.717, 1.165) is 39.0 Å². The lowest BCUT2D eigenvalue weighted by Crippen LogP contribution is -2.49. The van der Waals surface area contributed by atoms with Crippen molar-refractivity contribution in [2.24, 2.45) is 0 Å². The van der Waals surface area contributed by atoms with Crippen LogP contribution in [0.5, 0.6) is 0 Å². The molecular formula is C12H22N4O2. The molecule has 0 aromatic heterocycles. The van der Waals surface area contributed by atoms with Gasteiger partial charge in [0.2, 0.25) is 11.8 Å². The summed E-state index contributed by atoms with van der Waals surface area (Å²) in [5, 5.41) is 9.58. The Labute approximate surface area is 107 Å². The molecule has 6 heteroatoms. The van der Waals surface area contributed by atoms with Crippen LogP contribution in [-0.2, 0) is 9.59 Å². The van der Waals surface area contributed by atoms with Gasteiger partial charge in [0, 0.05) is 45.2 Å². The molecule has 2 saturated heterocycles. The van der Waals surface area contributed by atoms with Gasteiger partial charge in [0.25, 0.3) is 0 Å². The van der Waals surface area contributed by atoms with Gasteiger partial charge in [0.05, 0.1) is 6.54 Å². The highest BCUT2D eigenvalue weighted by Crippen LogP contribution is 2.08. The number of hydrogen-bond donors (Lipinski definition) is 3. The summed E-state index contributed by atoms with van der Waals surface area (Å²) in [7, 11) is 0. The Bertz CT molecular complexity index is 302. The van der Waals surface area contributed by atoms with Crippen LogP contribution in [-0.4, -0.2) is 62.0 Å². The zero-order valence-corrected chi connectivity index (χ0v) is 10.7. The molecule has 0 aliphatic carbocycles. The largest absolute Gasteiger partial charge is 0.355 e. The molecule has 2 aliphatic heterocycles. The van der Waals surface area contributed by atoms with Crippen molar-refractivity contribution in [3.63, 3.8) is 0 Å². The number of hydrogen-bond acceptors (Lipinski definition) is 4. The maximum atomic E-state index is 11.6. The number of nitrogens with zero attached hydrogens (tertiary/aromatic N) is 1. The number of piperazine rings is 1. The summed E-state index contributed by atoms with van der Waals surface area (Å²) in [6.45, 7) is 4.57. The van der Waals surface area contributed by atoms with Crippen molar-refractivity contribution >= 4 is 11.8 Å². The van der Waals surface area contributed by atoms with E-state index in [9.17, 15) is 9.59 Å². The highest BCUT2D eigenvalue weighted by atomic mass is 16.2. The minimum Gasteiger partial charge on any atom is -0.355 e. The molecule has 0 bridgehead atoms. The van der Waals surface area contributed by atoms with Crippen molar-refractivity contribution in [1.29, 1.82) is 0 Å². The third-order valence-electron chi connectivity index (χ3n) is 3.45. The first kappa shape index (κ1) is 13.3. The fourth-order valence-electron chi connectivity index (χ4n) is 2.40. The number of carbonyl (C=O) groups excluding carboxylic acids is 2. The fraction of sp³-hybridized carbons (Fsp3) is 0.833. The summed E-state index contributed by atoms with van der Waals surface area (Å²) in [4.78, 5) is 24.6. The summed E-state index contributed by atoms with van der Waals surface area (Å²) in [6, 6.07) is 0.437. The molecule has 0 radical (unpaired) electrons. The fourth-order valence-corrected chi connectivity index (χ4v) is 2.40. The quantitative estimate of drug-likeness (QED) is 0.569. The lowest BCUT2D eigenvalue weighted by Gasteiger charge is -2.24. The molecule has 0 aromatic carbocycles. The van der Waals surface area contributed by atoms with E-state index >= 15 is 0 Å². The average Bonchev–Trinajstić information content (AvgIpc) is 2.76. The lowest BCUT2D eigenvalue weighted by molar-refractivity contribution is -0.133. The van der Waals surface area contributed by atoms with Crippen molar-refractivity contribution in [2.75, 3.05) is 39.3 Å². The molecule has 0 spiro atoms. The predicted molar refractivity (Wildman–Crippen MR) is 68.1 cm³/mol. The zero-order chi connectivity index (χ0) is 12.8. The smallest absolute Gasteiger partial charge is 0.239 e. The van der Waals surface area contributed by atoms with Gasteiger partial charge in [-0.3, -0.25) is 9.59 Å². The summed E-state index contributed by atoms with van der Waals surface area (Å²) >= 11 is 0. The number of nitrogens with one attached hydrogen (secondary N) is 3. The van der Waals surface area contributed by atoms with Crippen LogP contribution < -0.4 is 16.0 Å². The van der Waals surface area contributed by atoms with Crippen molar-refractivity contribution in [3.05, 3.63) is 0 Å². The van der Waals surface area contributed by atoms with Gasteiger partial charge in [0.1, 0.15) is 0 Å². The van der Waals surface area contributed by atoms with Gasteiger partial charge in [0.15, 0.2) is 0 Å². The van der Waals surface area contributed by atoms with Crippen LogP contribution in [0.4, 0.5) is 0 Å². The number of amides is 2. The van der Waals surface area contributed by atoms with Crippen LogP contribution in [0.1, 0.15) is 19.3 Å². The SMILES string of the molecule is O=C(CN1CCCC1=O)NCCC1CNCCN1. The monoisotopic (exact) mass is 254 g/mol. The second-order valence-electron chi connectivity index (χ2n) is 4.91. The Hall–Kier alpha value is -1.14. The van der Waals surface area contributed by atoms with Gasteiger partial charge in [-0.15, -0.1) is 0 Å². The predicted octanol–water partition coefficient (Wildman–Crippen LogP) is -1.32. The molecule has 2 fully saturated rings. The van der Waals surface area contributed by atoms with E-state index in [-0.39, 0.29) is 18.4 Å². The first-order chi connectivity index (χ1) is 8.75. The van der Waals surface area contributed by atoms with E-state index in [1.165, 1.54) is 0 Å². The van der Waals surface area contributed by atoms with Gasteiger partial charge in [-0.2, -0.15) is 0 Å². The standard InChI is InChI=1S/C12H22N4O2/c17-11(9-16-7-1-2-12(16)18)15-4-3-10-8-13-5-6-14-10/h10,13-14H,1-9H2,(H,15,17). The molecule has 0 aromatic rings. The zero-order valence-electron chi connectivity index (χ0n) is 10.7. The van der Waals surface area contributed by atoms with E-state index in [0.29, 0.717) is 19.0 Å². The summed E-state index contributed by atoms with van der Waals surface area (Å²) in [5.41, 5.74) is 0. The van der Waals surface area contributed by atoms with Crippen LogP contribution >= 0.6 is 0 Å². The minimum atomic E-state index is -0.0472. The van der Waals surface area contributed by atoms with Crippen LogP contribution in [0.2, 0.25) is 0 Å². The summed E-state index contributed by atoms with van der Waals surface area (Å²) < 4.78 is 0. The van der Waals surface area contributed by atoms with Crippen molar-refractivity contribution in [3.8, 4) is 0 Å². The Kier molecular flexibility index (Phi) is 4.95. The molecule has 3 N–H and O–H groups in total. The Morgan fingerprint density at radius 2 is 2.33 bits per heavy atom. The van der Waals surface area contributed by atoms with Crippen molar-refractivity contribution < 1.29 is 9.59 Å². The highest BCUT2D eigenvalue weighted by molar-refractivity contribution is 5.85. The molecule has 1 unspecified atom stereocenters. The second-order valence-corrected chi connectivity index (χ2v) is 4.91. The third-order valence-corrected chi connectivity index (χ3v) is 3.45. The van der Waals surface area contributed by atoms with Gasteiger partial charge in [-0.25, -0.2) is 0 Å². The summed E-state index contributed by atoms with van der Waals surface area (Å²) in [5.74, 6) is 0.0531. The molecule has 6 nitrogen and oxygen atoms in total. The Balaban J connectivity index is 1.58. The van der Waals surface area contributed by atoms with E-state index in [1.807, 2.05) is 0 Å². The molecule has 1 atom stereocenters. The molecule has 2 heterocycles. The van der Waals surface area contributed by atoms with Crippen molar-refractivity contribution in [1.82, 2.24) is 20.9 Å². The average molecular weight is 254 g/mol. The molecular weight excluding hydrogens is 232 g/mol.